The molecule has 0 aliphatic carbocycles. The van der Waals surface area contributed by atoms with E-state index in [4.69, 9.17) is 14.7 Å². The number of carbonyl (C=O) groups is 2. The van der Waals surface area contributed by atoms with Gasteiger partial charge in [0.05, 0.1) is 34.5 Å². The summed E-state index contributed by atoms with van der Waals surface area (Å²) in [6.45, 7) is 24.3. The molecule has 0 spiro atoms. The first kappa shape index (κ1) is 40.5. The molecule has 11 nitrogen and oxygen atoms in total. The van der Waals surface area contributed by atoms with Crippen molar-refractivity contribution in [1.29, 1.82) is 0 Å². The fourth-order valence-corrected chi connectivity index (χ4v) is 5.92. The number of H-pyrrole nitrogens is 2. The smallest absolute Gasteiger partial charge is 0.240 e. The third-order valence-corrected chi connectivity index (χ3v) is 9.46. The number of amides is 2. The molecule has 11 heteroatoms. The maximum Gasteiger partial charge on any atom is 0.240 e. The molecule has 0 fully saturated rings. The summed E-state index contributed by atoms with van der Waals surface area (Å²) in [5.74, 6) is 1.19. The topological polar surface area (TPSA) is 149 Å². The summed E-state index contributed by atoms with van der Waals surface area (Å²) in [5, 5.41) is 12.7. The zero-order chi connectivity index (χ0) is 38.6. The minimum Gasteiger partial charge on any atom is -0.364 e. The first-order valence-electron chi connectivity index (χ1n) is 18.2. The van der Waals surface area contributed by atoms with Gasteiger partial charge in [0.1, 0.15) is 17.9 Å². The van der Waals surface area contributed by atoms with E-state index >= 15 is 0 Å². The van der Waals surface area contributed by atoms with Crippen molar-refractivity contribution in [2.75, 3.05) is 13.7 Å². The molecule has 6 N–H and O–H groups in total. The van der Waals surface area contributed by atoms with Crippen LogP contribution in [-0.4, -0.2) is 62.7 Å². The molecule has 0 saturated carbocycles. The molecule has 2 aromatic carbocycles. The Morgan fingerprint density at radius 2 is 1.02 bits per heavy atom. The number of benzene rings is 2. The molecule has 3 atom stereocenters. The summed E-state index contributed by atoms with van der Waals surface area (Å²) in [6, 6.07) is 16.0. The second kappa shape index (κ2) is 15.7. The fraction of sp³-hybridized carbons (Fsp3) is 0.512. The van der Waals surface area contributed by atoms with E-state index in [1.807, 2.05) is 53.9 Å². The van der Waals surface area contributed by atoms with E-state index in [1.54, 1.807) is 7.05 Å². The van der Waals surface area contributed by atoms with E-state index in [0.29, 0.717) is 18.3 Å². The zero-order valence-electron chi connectivity index (χ0n) is 33.3. The van der Waals surface area contributed by atoms with Crippen LogP contribution in [0.5, 0.6) is 0 Å². The Hall–Kier alpha value is -4.32. The van der Waals surface area contributed by atoms with Crippen LogP contribution in [0, 0.1) is 10.8 Å². The second-order valence-electron chi connectivity index (χ2n) is 16.8. The van der Waals surface area contributed by atoms with Gasteiger partial charge < -0.3 is 30.7 Å². The van der Waals surface area contributed by atoms with Crippen molar-refractivity contribution in [3.8, 4) is 33.6 Å². The maximum atomic E-state index is 13.4. The largest absolute Gasteiger partial charge is 0.364 e. The third-order valence-electron chi connectivity index (χ3n) is 9.46. The van der Waals surface area contributed by atoms with Crippen LogP contribution in [0.15, 0.2) is 60.9 Å². The molecule has 0 saturated heterocycles. The Bertz CT molecular complexity index is 1790. The first-order valence-corrected chi connectivity index (χ1v) is 18.2. The lowest BCUT2D eigenvalue weighted by Crippen LogP contribution is -2.57. The highest BCUT2D eigenvalue weighted by Crippen LogP contribution is 2.35. The number of hydrogen-bond donors (Lipinski definition) is 6. The lowest BCUT2D eigenvalue weighted by Gasteiger charge is -2.35. The highest BCUT2D eigenvalue weighted by molar-refractivity contribution is 5.86. The number of aromatic amines is 2. The monoisotopic (exact) mass is 712 g/mol. The number of hydrogen-bond acceptors (Lipinski definition) is 7. The van der Waals surface area contributed by atoms with Crippen LogP contribution in [-0.2, 0) is 14.3 Å². The van der Waals surface area contributed by atoms with Gasteiger partial charge in [-0.1, -0.05) is 90.1 Å². The third kappa shape index (κ3) is 9.76. The predicted octanol–water partition coefficient (Wildman–Crippen LogP) is 7.29. The molecule has 0 radical (unpaired) electrons. The molecular formula is C41H60N8O3. The molecule has 52 heavy (non-hydrogen) atoms. The van der Waals surface area contributed by atoms with Crippen molar-refractivity contribution < 1.29 is 14.3 Å². The number of imidazole rings is 2. The molecule has 1 unspecified atom stereocenters. The van der Waals surface area contributed by atoms with Crippen LogP contribution in [0.25, 0.3) is 33.6 Å². The maximum absolute atomic E-state index is 13.4. The minimum absolute atomic E-state index is 0.0880. The molecule has 282 valence electrons. The van der Waals surface area contributed by atoms with E-state index in [9.17, 15) is 9.59 Å². The summed E-state index contributed by atoms with van der Waals surface area (Å²) in [6.07, 6.45) is 3.52. The summed E-state index contributed by atoms with van der Waals surface area (Å²) >= 11 is 0. The van der Waals surface area contributed by atoms with Crippen molar-refractivity contribution in [2.24, 2.45) is 10.8 Å². The summed E-state index contributed by atoms with van der Waals surface area (Å²) in [5.41, 5.74) is 3.60. The van der Waals surface area contributed by atoms with Crippen molar-refractivity contribution in [3.63, 3.8) is 0 Å². The number of rotatable bonds is 14. The molecule has 2 heterocycles. The van der Waals surface area contributed by atoms with E-state index in [-0.39, 0.29) is 41.0 Å². The van der Waals surface area contributed by atoms with Crippen molar-refractivity contribution in [1.82, 2.24) is 41.2 Å². The number of aromatic nitrogens is 4. The van der Waals surface area contributed by atoms with Crippen molar-refractivity contribution >= 4 is 11.8 Å². The van der Waals surface area contributed by atoms with Gasteiger partial charge in [-0.2, -0.15) is 0 Å². The quantitative estimate of drug-likeness (QED) is 0.0753. The predicted molar refractivity (Wildman–Crippen MR) is 209 cm³/mol. The van der Waals surface area contributed by atoms with E-state index < -0.39 is 11.1 Å². The lowest BCUT2D eigenvalue weighted by atomic mass is 9.85. The lowest BCUT2D eigenvalue weighted by molar-refractivity contribution is -0.130. The minimum atomic E-state index is -0.847. The summed E-state index contributed by atoms with van der Waals surface area (Å²) in [7, 11) is 1.78. The van der Waals surface area contributed by atoms with Gasteiger partial charge in [0.25, 0.3) is 0 Å². The molecule has 4 rings (SSSR count). The Morgan fingerprint density at radius 1 is 0.654 bits per heavy atom. The van der Waals surface area contributed by atoms with Crippen LogP contribution in [0.2, 0.25) is 0 Å². The molecule has 0 aliphatic rings. The van der Waals surface area contributed by atoms with Gasteiger partial charge in [0, 0.05) is 30.1 Å². The Morgan fingerprint density at radius 3 is 1.37 bits per heavy atom. The van der Waals surface area contributed by atoms with Gasteiger partial charge in [-0.15, -0.1) is 0 Å². The van der Waals surface area contributed by atoms with Gasteiger partial charge >= 0.3 is 0 Å². The standard InChI is InChI=1S/C41H60N8O3/c1-14-52-25(2)49-41(11,12)37(51)48-33(39(6,7)8)35-44-24-31(46-35)29-21-17-27(18-22-29)26-15-19-28(20-16-26)30-23-43-34(45-30)32(38(3,4)5)47-36(50)40(9,10)42-13/h15-25,32-33,42,49H,14H2,1-13H3,(H,43,45)(H,44,46)(H,47,50)(H,48,51)/t25?,32-,33-/m1/s1. The van der Waals surface area contributed by atoms with Gasteiger partial charge in [-0.3, -0.25) is 14.9 Å². The van der Waals surface area contributed by atoms with Crippen LogP contribution < -0.4 is 21.3 Å². The molecule has 0 bridgehead atoms. The molecule has 0 aliphatic heterocycles. The SMILES string of the molecule is CCOC(C)NC(C)(C)C(=O)N[C@H](c1nc(-c2ccc(-c3ccc(-c4c[nH]c([C@@H](NC(=O)C(C)(C)NC)C(C)(C)C)n4)cc3)cc2)c[nH]1)C(C)(C)C. The summed E-state index contributed by atoms with van der Waals surface area (Å²) in [4.78, 5) is 42.9. The van der Waals surface area contributed by atoms with Crippen LogP contribution >= 0.6 is 0 Å². The number of carbonyl (C=O) groups excluding carboxylic acids is 2. The number of nitrogens with zero attached hydrogens (tertiary/aromatic N) is 2. The highest BCUT2D eigenvalue weighted by atomic mass is 16.5. The molecule has 2 aromatic heterocycles. The average Bonchev–Trinajstić information content (AvgIpc) is 3.75. The zero-order valence-corrected chi connectivity index (χ0v) is 33.3. The van der Waals surface area contributed by atoms with E-state index in [2.05, 4.69) is 121 Å². The van der Waals surface area contributed by atoms with Crippen LogP contribution in [0.4, 0.5) is 0 Å². The Balaban J connectivity index is 1.48. The van der Waals surface area contributed by atoms with Gasteiger partial charge in [0.2, 0.25) is 11.8 Å². The average molecular weight is 713 g/mol. The van der Waals surface area contributed by atoms with E-state index in [1.165, 1.54) is 0 Å². The highest BCUT2D eigenvalue weighted by Gasteiger charge is 2.37. The Labute approximate surface area is 309 Å². The van der Waals surface area contributed by atoms with Crippen molar-refractivity contribution in [2.45, 2.75) is 112 Å². The molecular weight excluding hydrogens is 653 g/mol. The second-order valence-corrected chi connectivity index (χ2v) is 16.8. The number of likely N-dealkylation sites (N-methyl/N-ethyl adjacent to an activating group) is 1. The summed E-state index contributed by atoms with van der Waals surface area (Å²) < 4.78 is 5.61. The van der Waals surface area contributed by atoms with Gasteiger partial charge in [-0.05, 0) is 70.5 Å². The fourth-order valence-electron chi connectivity index (χ4n) is 5.92. The molecule has 2 amide bonds. The first-order chi connectivity index (χ1) is 24.2. The van der Waals surface area contributed by atoms with E-state index in [0.717, 1.165) is 33.6 Å². The van der Waals surface area contributed by atoms with Crippen LogP contribution in [0.3, 0.4) is 0 Å². The van der Waals surface area contributed by atoms with Gasteiger partial charge in [-0.25, -0.2) is 9.97 Å². The normalized spacial score (nSPS) is 14.5. The number of ether oxygens (including phenoxy) is 1. The van der Waals surface area contributed by atoms with Crippen LogP contribution in [0.1, 0.15) is 107 Å². The Kier molecular flexibility index (Phi) is 12.2. The molecule has 4 aromatic rings. The number of nitrogens with one attached hydrogen (secondary N) is 6. The van der Waals surface area contributed by atoms with Crippen molar-refractivity contribution in [3.05, 3.63) is 72.6 Å². The van der Waals surface area contributed by atoms with Gasteiger partial charge in [0.15, 0.2) is 0 Å².